The predicted molar refractivity (Wildman–Crippen MR) is 123 cm³/mol. The summed E-state index contributed by atoms with van der Waals surface area (Å²) in [4.78, 5) is 24.9. The van der Waals surface area contributed by atoms with Crippen LogP contribution in [0.15, 0.2) is 47.4 Å². The van der Waals surface area contributed by atoms with Gasteiger partial charge in [0, 0.05) is 24.7 Å². The Morgan fingerprint density at radius 1 is 1.06 bits per heavy atom. The van der Waals surface area contributed by atoms with Crippen LogP contribution in [-0.2, 0) is 19.6 Å². The SMILES string of the molecule is CCCOC(=O)c1ccc(NC(=O)C2CCN(S(=O)(=O)c3ccc(C)cc3C)CC2)cc1. The van der Waals surface area contributed by atoms with Gasteiger partial charge in [-0.05, 0) is 69.0 Å². The van der Waals surface area contributed by atoms with Crippen LogP contribution in [0, 0.1) is 19.8 Å². The van der Waals surface area contributed by atoms with Crippen molar-refractivity contribution in [1.82, 2.24) is 4.31 Å². The number of nitrogens with one attached hydrogen (secondary N) is 1. The Hall–Kier alpha value is -2.71. The van der Waals surface area contributed by atoms with Gasteiger partial charge in [0.25, 0.3) is 0 Å². The molecule has 0 atom stereocenters. The maximum atomic E-state index is 13.0. The normalized spacial score (nSPS) is 15.3. The minimum atomic E-state index is -3.58. The standard InChI is InChI=1S/C24H30N2O5S/c1-4-15-31-24(28)20-6-8-21(9-7-20)25-23(27)19-11-13-26(14-12-19)32(29,30)22-10-5-17(2)16-18(22)3/h5-10,16,19H,4,11-15H2,1-3H3,(H,25,27). The van der Waals surface area contributed by atoms with Crippen LogP contribution in [0.25, 0.3) is 0 Å². The fraction of sp³-hybridized carbons (Fsp3) is 0.417. The summed E-state index contributed by atoms with van der Waals surface area (Å²) in [7, 11) is -3.58. The number of piperidine rings is 1. The minimum absolute atomic E-state index is 0.144. The number of esters is 1. The highest BCUT2D eigenvalue weighted by atomic mass is 32.2. The van der Waals surface area contributed by atoms with Gasteiger partial charge in [0.2, 0.25) is 15.9 Å². The van der Waals surface area contributed by atoms with Gasteiger partial charge in [-0.3, -0.25) is 4.79 Å². The molecule has 1 amide bonds. The molecule has 0 aliphatic carbocycles. The molecule has 1 fully saturated rings. The molecule has 0 unspecified atom stereocenters. The van der Waals surface area contributed by atoms with Crippen molar-refractivity contribution < 1.29 is 22.7 Å². The number of benzene rings is 2. The number of ether oxygens (including phenoxy) is 1. The second-order valence-electron chi connectivity index (χ2n) is 8.15. The second kappa shape index (κ2) is 10.3. The Morgan fingerprint density at radius 2 is 1.72 bits per heavy atom. The fourth-order valence-corrected chi connectivity index (χ4v) is 5.47. The van der Waals surface area contributed by atoms with Crippen LogP contribution in [0.2, 0.25) is 0 Å². The Kier molecular flexibility index (Phi) is 7.69. The van der Waals surface area contributed by atoms with Crippen LogP contribution >= 0.6 is 0 Å². The number of aryl methyl sites for hydroxylation is 2. The van der Waals surface area contributed by atoms with Gasteiger partial charge < -0.3 is 10.1 Å². The van der Waals surface area contributed by atoms with Gasteiger partial charge in [0.15, 0.2) is 0 Å². The maximum Gasteiger partial charge on any atom is 0.338 e. The predicted octanol–water partition coefficient (Wildman–Crippen LogP) is 3.91. The number of hydrogen-bond acceptors (Lipinski definition) is 5. The van der Waals surface area contributed by atoms with Crippen molar-refractivity contribution in [3.8, 4) is 0 Å². The molecule has 0 aromatic heterocycles. The van der Waals surface area contributed by atoms with Crippen molar-refractivity contribution >= 4 is 27.6 Å². The van der Waals surface area contributed by atoms with Crippen molar-refractivity contribution in [2.75, 3.05) is 25.0 Å². The zero-order valence-electron chi connectivity index (χ0n) is 18.8. The van der Waals surface area contributed by atoms with Crippen LogP contribution in [0.4, 0.5) is 5.69 Å². The molecule has 0 radical (unpaired) electrons. The number of carbonyl (C=O) groups is 2. The van der Waals surface area contributed by atoms with Gasteiger partial charge >= 0.3 is 5.97 Å². The highest BCUT2D eigenvalue weighted by molar-refractivity contribution is 7.89. The quantitative estimate of drug-likeness (QED) is 0.635. The number of nitrogens with zero attached hydrogens (tertiary/aromatic N) is 1. The first-order valence-electron chi connectivity index (χ1n) is 10.9. The van der Waals surface area contributed by atoms with E-state index >= 15 is 0 Å². The molecule has 1 saturated heterocycles. The molecule has 0 bridgehead atoms. The molecule has 1 aliphatic rings. The molecule has 8 heteroatoms. The number of rotatable bonds is 7. The molecular formula is C24H30N2O5S. The Labute approximate surface area is 189 Å². The zero-order chi connectivity index (χ0) is 23.3. The lowest BCUT2D eigenvalue weighted by Crippen LogP contribution is -2.41. The van der Waals surface area contributed by atoms with Gasteiger partial charge in [-0.15, -0.1) is 0 Å². The number of carbonyl (C=O) groups excluding carboxylic acids is 2. The average Bonchev–Trinajstić information content (AvgIpc) is 2.77. The lowest BCUT2D eigenvalue weighted by Gasteiger charge is -2.31. The first-order chi connectivity index (χ1) is 15.2. The van der Waals surface area contributed by atoms with Crippen LogP contribution < -0.4 is 5.32 Å². The molecule has 32 heavy (non-hydrogen) atoms. The largest absolute Gasteiger partial charge is 0.462 e. The smallest absolute Gasteiger partial charge is 0.338 e. The molecule has 172 valence electrons. The van der Waals surface area contributed by atoms with Crippen LogP contribution in [-0.4, -0.2) is 44.3 Å². The second-order valence-corrected chi connectivity index (χ2v) is 10.1. The Balaban J connectivity index is 1.57. The summed E-state index contributed by atoms with van der Waals surface area (Å²) in [5.41, 5.74) is 2.77. The fourth-order valence-electron chi connectivity index (χ4n) is 3.80. The molecule has 3 rings (SSSR count). The molecule has 1 aliphatic heterocycles. The summed E-state index contributed by atoms with van der Waals surface area (Å²) >= 11 is 0. The molecule has 1 N–H and O–H groups in total. The summed E-state index contributed by atoms with van der Waals surface area (Å²) in [5.74, 6) is -0.799. The van der Waals surface area contributed by atoms with Gasteiger partial charge in [0.1, 0.15) is 0 Å². The molecule has 2 aromatic carbocycles. The van der Waals surface area contributed by atoms with E-state index in [1.54, 1.807) is 43.3 Å². The van der Waals surface area contributed by atoms with Crippen molar-refractivity contribution in [2.45, 2.75) is 44.9 Å². The number of hydrogen-bond donors (Lipinski definition) is 1. The van der Waals surface area contributed by atoms with E-state index in [0.29, 0.717) is 48.7 Å². The minimum Gasteiger partial charge on any atom is -0.462 e. The summed E-state index contributed by atoms with van der Waals surface area (Å²) in [6.45, 7) is 6.63. The van der Waals surface area contributed by atoms with Crippen molar-refractivity contribution in [3.63, 3.8) is 0 Å². The van der Waals surface area contributed by atoms with E-state index in [9.17, 15) is 18.0 Å². The van der Waals surface area contributed by atoms with E-state index in [2.05, 4.69) is 5.32 Å². The van der Waals surface area contributed by atoms with E-state index in [-0.39, 0.29) is 17.8 Å². The monoisotopic (exact) mass is 458 g/mol. The van der Waals surface area contributed by atoms with Crippen LogP contribution in [0.1, 0.15) is 47.7 Å². The number of anilines is 1. The van der Waals surface area contributed by atoms with Gasteiger partial charge in [0.05, 0.1) is 17.1 Å². The van der Waals surface area contributed by atoms with E-state index in [0.717, 1.165) is 17.5 Å². The Morgan fingerprint density at radius 3 is 2.31 bits per heavy atom. The van der Waals surface area contributed by atoms with E-state index in [4.69, 9.17) is 4.74 Å². The highest BCUT2D eigenvalue weighted by Gasteiger charge is 2.32. The van der Waals surface area contributed by atoms with Crippen molar-refractivity contribution in [3.05, 3.63) is 59.2 Å². The summed E-state index contributed by atoms with van der Waals surface area (Å²) in [6.07, 6.45) is 1.67. The molecule has 7 nitrogen and oxygen atoms in total. The summed E-state index contributed by atoms with van der Waals surface area (Å²) < 4.78 is 32.6. The van der Waals surface area contributed by atoms with E-state index in [1.165, 1.54) is 4.31 Å². The van der Waals surface area contributed by atoms with Crippen molar-refractivity contribution in [2.24, 2.45) is 5.92 Å². The maximum absolute atomic E-state index is 13.0. The summed E-state index contributed by atoms with van der Waals surface area (Å²) in [6, 6.07) is 11.9. The first kappa shape index (κ1) is 23.9. The molecule has 2 aromatic rings. The van der Waals surface area contributed by atoms with Gasteiger partial charge in [-0.2, -0.15) is 4.31 Å². The van der Waals surface area contributed by atoms with Crippen LogP contribution in [0.3, 0.4) is 0 Å². The first-order valence-corrected chi connectivity index (χ1v) is 12.3. The molecule has 0 spiro atoms. The zero-order valence-corrected chi connectivity index (χ0v) is 19.6. The molecule has 1 heterocycles. The van der Waals surface area contributed by atoms with Gasteiger partial charge in [-0.1, -0.05) is 24.6 Å². The Bertz CT molecular complexity index is 1070. The third kappa shape index (κ3) is 5.55. The third-order valence-corrected chi connectivity index (χ3v) is 7.66. The lowest BCUT2D eigenvalue weighted by atomic mass is 9.97. The lowest BCUT2D eigenvalue weighted by molar-refractivity contribution is -0.120. The van der Waals surface area contributed by atoms with E-state index < -0.39 is 10.0 Å². The highest BCUT2D eigenvalue weighted by Crippen LogP contribution is 2.27. The third-order valence-electron chi connectivity index (χ3n) is 5.60. The molecular weight excluding hydrogens is 428 g/mol. The van der Waals surface area contributed by atoms with E-state index in [1.807, 2.05) is 19.9 Å². The number of amides is 1. The molecule has 0 saturated carbocycles. The summed E-state index contributed by atoms with van der Waals surface area (Å²) in [5, 5.41) is 2.86. The average molecular weight is 459 g/mol. The van der Waals surface area contributed by atoms with Crippen LogP contribution in [0.5, 0.6) is 0 Å². The topological polar surface area (TPSA) is 92.8 Å². The van der Waals surface area contributed by atoms with Crippen molar-refractivity contribution in [1.29, 1.82) is 0 Å². The number of sulfonamides is 1. The van der Waals surface area contributed by atoms with Gasteiger partial charge in [-0.25, -0.2) is 13.2 Å².